The topological polar surface area (TPSA) is 75.2 Å². The molecule has 0 saturated heterocycles. The van der Waals surface area contributed by atoms with Crippen molar-refractivity contribution in [1.29, 1.82) is 0 Å². The maximum Gasteiger partial charge on any atom is 0.341 e. The monoisotopic (exact) mass is 242 g/mol. The molecule has 0 amide bonds. The highest BCUT2D eigenvalue weighted by Gasteiger charge is 2.17. The second kappa shape index (κ2) is 3.73. The maximum absolute atomic E-state index is 11.7. The van der Waals surface area contributed by atoms with Gasteiger partial charge < -0.3 is 14.8 Å². The number of methoxy groups -OCH3 is 1. The molecular weight excluding hydrogens is 232 g/mol. The number of para-hydroxylation sites is 1. The summed E-state index contributed by atoms with van der Waals surface area (Å²) in [5.74, 6) is -0.589. The van der Waals surface area contributed by atoms with E-state index in [-0.39, 0.29) is 5.88 Å². The van der Waals surface area contributed by atoms with Crippen molar-refractivity contribution in [3.63, 3.8) is 0 Å². The summed E-state index contributed by atoms with van der Waals surface area (Å²) < 4.78 is 4.70. The minimum Gasteiger partial charge on any atom is -0.493 e. The minimum atomic E-state index is -0.487. The third-order valence-corrected chi connectivity index (χ3v) is 2.92. The number of H-pyrrole nitrogens is 1. The van der Waals surface area contributed by atoms with E-state index in [2.05, 4.69) is 9.97 Å². The first-order chi connectivity index (χ1) is 8.72. The molecule has 5 nitrogen and oxygen atoms in total. The van der Waals surface area contributed by atoms with E-state index in [0.717, 1.165) is 10.9 Å². The van der Waals surface area contributed by atoms with Crippen LogP contribution in [0.25, 0.3) is 21.8 Å². The molecule has 0 aliphatic carbocycles. The predicted octanol–water partition coefficient (Wildman–Crippen LogP) is 2.21. The summed E-state index contributed by atoms with van der Waals surface area (Å²) in [5, 5.41) is 11.2. The lowest BCUT2D eigenvalue weighted by molar-refractivity contribution is 0.0602. The lowest BCUT2D eigenvalue weighted by Crippen LogP contribution is -2.02. The highest BCUT2D eigenvalue weighted by molar-refractivity contribution is 6.15. The molecule has 0 spiro atoms. The van der Waals surface area contributed by atoms with Gasteiger partial charge in [-0.05, 0) is 6.07 Å². The van der Waals surface area contributed by atoms with Crippen molar-refractivity contribution in [3.05, 3.63) is 36.0 Å². The Kier molecular flexibility index (Phi) is 2.19. The molecule has 2 heterocycles. The number of aromatic nitrogens is 2. The van der Waals surface area contributed by atoms with E-state index in [4.69, 9.17) is 4.74 Å². The molecule has 3 rings (SSSR count). The number of fused-ring (bicyclic) bond motifs is 3. The van der Waals surface area contributed by atoms with Gasteiger partial charge in [-0.15, -0.1) is 0 Å². The van der Waals surface area contributed by atoms with E-state index >= 15 is 0 Å². The number of aromatic amines is 1. The number of nitrogens with zero attached hydrogens (tertiary/aromatic N) is 1. The van der Waals surface area contributed by atoms with E-state index < -0.39 is 5.97 Å². The predicted molar refractivity (Wildman–Crippen MR) is 66.6 cm³/mol. The van der Waals surface area contributed by atoms with E-state index in [0.29, 0.717) is 16.5 Å². The van der Waals surface area contributed by atoms with Crippen LogP contribution in [0.3, 0.4) is 0 Å². The Bertz CT molecular complexity index is 761. The second-order valence-electron chi connectivity index (χ2n) is 3.91. The van der Waals surface area contributed by atoms with Crippen LogP contribution in [0.1, 0.15) is 10.4 Å². The van der Waals surface area contributed by atoms with Crippen molar-refractivity contribution in [2.24, 2.45) is 0 Å². The van der Waals surface area contributed by atoms with Crippen LogP contribution in [-0.4, -0.2) is 28.2 Å². The van der Waals surface area contributed by atoms with Gasteiger partial charge in [0.05, 0.1) is 18.0 Å². The third-order valence-electron chi connectivity index (χ3n) is 2.92. The summed E-state index contributed by atoms with van der Waals surface area (Å²) in [4.78, 5) is 18.6. The number of carbonyl (C=O) groups excluding carboxylic acids is 1. The van der Waals surface area contributed by atoms with Gasteiger partial charge in [0.2, 0.25) is 5.88 Å². The average Bonchev–Trinajstić information content (AvgIpc) is 2.78. The number of hydrogen-bond donors (Lipinski definition) is 2. The first kappa shape index (κ1) is 10.6. The summed E-state index contributed by atoms with van der Waals surface area (Å²) in [5.41, 5.74) is 1.68. The van der Waals surface area contributed by atoms with E-state index in [1.165, 1.54) is 13.3 Å². The van der Waals surface area contributed by atoms with Gasteiger partial charge in [-0.25, -0.2) is 9.78 Å². The zero-order chi connectivity index (χ0) is 12.7. The molecule has 0 atom stereocenters. The fraction of sp³-hybridized carbons (Fsp3) is 0.0769. The Hall–Kier alpha value is -2.56. The number of nitrogens with one attached hydrogen (secondary N) is 1. The standard InChI is InChI=1S/C13H10N2O3/c1-18-13(17)8-6-14-12(16)10-7-4-2-3-5-9(7)15-11(8)10/h2-6,15H,1H3,(H,14,16). The molecule has 0 saturated carbocycles. The van der Waals surface area contributed by atoms with Crippen molar-refractivity contribution in [2.75, 3.05) is 7.11 Å². The molecule has 1 aromatic carbocycles. The summed E-state index contributed by atoms with van der Waals surface area (Å²) in [6, 6.07) is 7.46. The number of pyridine rings is 1. The normalized spacial score (nSPS) is 10.9. The number of aromatic hydroxyl groups is 1. The van der Waals surface area contributed by atoms with Gasteiger partial charge in [-0.3, -0.25) is 0 Å². The molecule has 90 valence electrons. The number of esters is 1. The van der Waals surface area contributed by atoms with Crippen molar-refractivity contribution >= 4 is 27.8 Å². The lowest BCUT2D eigenvalue weighted by atomic mass is 10.1. The summed E-state index contributed by atoms with van der Waals surface area (Å²) in [6.07, 6.45) is 1.30. The van der Waals surface area contributed by atoms with Gasteiger partial charge in [-0.1, -0.05) is 18.2 Å². The number of hydrogen-bond acceptors (Lipinski definition) is 4. The Balaban J connectivity index is 2.49. The van der Waals surface area contributed by atoms with Crippen LogP contribution in [0.15, 0.2) is 30.5 Å². The van der Waals surface area contributed by atoms with Crippen LogP contribution in [0, 0.1) is 0 Å². The molecule has 2 N–H and O–H groups in total. The van der Waals surface area contributed by atoms with Crippen LogP contribution in [0.5, 0.6) is 5.88 Å². The van der Waals surface area contributed by atoms with Gasteiger partial charge in [0.1, 0.15) is 5.56 Å². The van der Waals surface area contributed by atoms with Crippen molar-refractivity contribution < 1.29 is 14.6 Å². The van der Waals surface area contributed by atoms with Crippen LogP contribution in [-0.2, 0) is 4.74 Å². The summed E-state index contributed by atoms with van der Waals surface area (Å²) >= 11 is 0. The molecule has 5 heteroatoms. The van der Waals surface area contributed by atoms with Gasteiger partial charge in [0, 0.05) is 17.1 Å². The molecule has 0 fully saturated rings. The summed E-state index contributed by atoms with van der Waals surface area (Å²) in [6.45, 7) is 0. The first-order valence-corrected chi connectivity index (χ1v) is 5.39. The Morgan fingerprint density at radius 1 is 1.39 bits per heavy atom. The molecule has 18 heavy (non-hydrogen) atoms. The van der Waals surface area contributed by atoms with E-state index in [1.54, 1.807) is 0 Å². The Morgan fingerprint density at radius 3 is 2.94 bits per heavy atom. The van der Waals surface area contributed by atoms with E-state index in [9.17, 15) is 9.90 Å². The van der Waals surface area contributed by atoms with Crippen molar-refractivity contribution in [1.82, 2.24) is 9.97 Å². The van der Waals surface area contributed by atoms with Crippen LogP contribution >= 0.6 is 0 Å². The molecule has 0 aliphatic rings. The Labute approximate surface area is 102 Å². The van der Waals surface area contributed by atoms with Gasteiger partial charge >= 0.3 is 5.97 Å². The lowest BCUT2D eigenvalue weighted by Gasteiger charge is -2.01. The van der Waals surface area contributed by atoms with Crippen LogP contribution < -0.4 is 0 Å². The minimum absolute atomic E-state index is 0.102. The Morgan fingerprint density at radius 2 is 2.17 bits per heavy atom. The first-order valence-electron chi connectivity index (χ1n) is 5.39. The number of ether oxygens (including phenoxy) is 1. The third kappa shape index (κ3) is 1.34. The summed E-state index contributed by atoms with van der Waals surface area (Å²) in [7, 11) is 1.31. The van der Waals surface area contributed by atoms with E-state index in [1.807, 2.05) is 24.3 Å². The highest BCUT2D eigenvalue weighted by atomic mass is 16.5. The molecule has 2 aromatic heterocycles. The highest BCUT2D eigenvalue weighted by Crippen LogP contribution is 2.32. The molecule has 3 aromatic rings. The second-order valence-corrected chi connectivity index (χ2v) is 3.91. The average molecular weight is 242 g/mol. The van der Waals surface area contributed by atoms with Crippen molar-refractivity contribution in [2.45, 2.75) is 0 Å². The largest absolute Gasteiger partial charge is 0.493 e. The quantitative estimate of drug-likeness (QED) is 0.641. The number of carbonyl (C=O) groups is 1. The fourth-order valence-electron chi connectivity index (χ4n) is 2.10. The molecule has 0 bridgehead atoms. The maximum atomic E-state index is 11.7. The fourth-order valence-corrected chi connectivity index (χ4v) is 2.10. The number of benzene rings is 1. The van der Waals surface area contributed by atoms with Crippen LogP contribution in [0.4, 0.5) is 0 Å². The molecule has 0 radical (unpaired) electrons. The van der Waals surface area contributed by atoms with Gasteiger partial charge in [0.15, 0.2) is 0 Å². The van der Waals surface area contributed by atoms with Gasteiger partial charge in [0.25, 0.3) is 0 Å². The SMILES string of the molecule is COC(=O)c1cnc(O)c2c1[nH]c1ccccc12. The number of rotatable bonds is 1. The molecular formula is C13H10N2O3. The zero-order valence-electron chi connectivity index (χ0n) is 9.60. The van der Waals surface area contributed by atoms with Gasteiger partial charge in [-0.2, -0.15) is 0 Å². The van der Waals surface area contributed by atoms with Crippen molar-refractivity contribution in [3.8, 4) is 5.88 Å². The zero-order valence-corrected chi connectivity index (χ0v) is 9.60. The molecule has 0 aliphatic heterocycles. The molecule has 0 unspecified atom stereocenters. The van der Waals surface area contributed by atoms with Crippen LogP contribution in [0.2, 0.25) is 0 Å². The smallest absolute Gasteiger partial charge is 0.341 e.